The molecule has 0 atom stereocenters. The minimum Gasteiger partial charge on any atom is -0.493 e. The Morgan fingerprint density at radius 1 is 1.10 bits per heavy atom. The smallest absolute Gasteiger partial charge is 0.255 e. The van der Waals surface area contributed by atoms with Crippen LogP contribution >= 0.6 is 11.6 Å². The summed E-state index contributed by atoms with van der Waals surface area (Å²) >= 11 is 6.33. The molecule has 0 aliphatic rings. The average Bonchev–Trinajstić information content (AvgIpc) is 2.68. The Hall–Kier alpha value is -2.73. The normalized spacial score (nSPS) is 10.6. The zero-order chi connectivity index (χ0) is 21.6. The predicted molar refractivity (Wildman–Crippen MR) is 115 cm³/mol. The van der Waals surface area contributed by atoms with E-state index in [2.05, 4.69) is 19.2 Å². The lowest BCUT2D eigenvalue weighted by Gasteiger charge is -2.15. The first-order chi connectivity index (χ1) is 13.7. The van der Waals surface area contributed by atoms with E-state index in [4.69, 9.17) is 21.1 Å². The number of halogens is 1. The molecule has 0 aliphatic heterocycles. The first kappa shape index (κ1) is 22.6. The number of hydrogen-bond donors (Lipinski definition) is 1. The van der Waals surface area contributed by atoms with E-state index in [1.807, 2.05) is 0 Å². The van der Waals surface area contributed by atoms with Gasteiger partial charge in [0.15, 0.2) is 11.5 Å². The summed E-state index contributed by atoms with van der Waals surface area (Å²) in [5, 5.41) is 3.10. The Morgan fingerprint density at radius 2 is 1.76 bits per heavy atom. The topological polar surface area (TPSA) is 67.9 Å². The van der Waals surface area contributed by atoms with E-state index in [1.165, 1.54) is 12.0 Å². The summed E-state index contributed by atoms with van der Waals surface area (Å²) < 4.78 is 11.1. The molecule has 0 saturated carbocycles. The maximum absolute atomic E-state index is 12.6. The van der Waals surface area contributed by atoms with Crippen molar-refractivity contribution in [3.63, 3.8) is 0 Å². The van der Waals surface area contributed by atoms with Crippen LogP contribution in [0.25, 0.3) is 0 Å². The molecule has 156 valence electrons. The molecule has 1 N–H and O–H groups in total. The van der Waals surface area contributed by atoms with Crippen molar-refractivity contribution >= 4 is 29.1 Å². The monoisotopic (exact) mass is 418 g/mol. The van der Waals surface area contributed by atoms with E-state index in [0.717, 1.165) is 6.42 Å². The van der Waals surface area contributed by atoms with Gasteiger partial charge < -0.3 is 19.7 Å². The van der Waals surface area contributed by atoms with Gasteiger partial charge in [-0.15, -0.1) is 0 Å². The number of benzene rings is 2. The highest BCUT2D eigenvalue weighted by molar-refractivity contribution is 6.32. The summed E-state index contributed by atoms with van der Waals surface area (Å²) in [5.41, 5.74) is 1.45. The third-order valence-corrected chi connectivity index (χ3v) is 4.51. The first-order valence-corrected chi connectivity index (χ1v) is 9.74. The van der Waals surface area contributed by atoms with Crippen LogP contribution in [-0.4, -0.2) is 44.5 Å². The van der Waals surface area contributed by atoms with Crippen molar-refractivity contribution in [1.82, 2.24) is 4.90 Å². The third kappa shape index (κ3) is 6.12. The first-order valence-electron chi connectivity index (χ1n) is 9.36. The molecule has 0 spiro atoms. The second-order valence-electron chi connectivity index (χ2n) is 7.25. The number of carbonyl (C=O) groups is 2. The summed E-state index contributed by atoms with van der Waals surface area (Å²) in [6.07, 6.45) is 0.883. The highest BCUT2D eigenvalue weighted by Crippen LogP contribution is 2.36. The van der Waals surface area contributed by atoms with Crippen LogP contribution in [0.2, 0.25) is 5.02 Å². The Kier molecular flexibility index (Phi) is 7.91. The van der Waals surface area contributed by atoms with Crippen molar-refractivity contribution in [2.24, 2.45) is 5.92 Å². The largest absolute Gasteiger partial charge is 0.493 e. The van der Waals surface area contributed by atoms with Crippen LogP contribution in [0.15, 0.2) is 36.4 Å². The molecule has 2 aromatic rings. The van der Waals surface area contributed by atoms with Crippen LogP contribution in [-0.2, 0) is 0 Å². The lowest BCUT2D eigenvalue weighted by Crippen LogP contribution is -2.21. The standard InChI is InChI=1S/C22H27ClN2O4/c1-14(2)10-11-29-20-18(23)12-16(13-19(20)28-5)21(26)24-17-8-6-15(7-9-17)22(27)25(3)4/h6-9,12-14H,10-11H2,1-5H3,(H,24,26). The number of amides is 2. The minimum absolute atomic E-state index is 0.104. The lowest BCUT2D eigenvalue weighted by atomic mass is 10.1. The fourth-order valence-corrected chi connectivity index (χ4v) is 2.81. The second kappa shape index (κ2) is 10.2. The highest BCUT2D eigenvalue weighted by atomic mass is 35.5. The fraction of sp³-hybridized carbons (Fsp3) is 0.364. The van der Waals surface area contributed by atoms with Gasteiger partial charge >= 0.3 is 0 Å². The van der Waals surface area contributed by atoms with Gasteiger partial charge in [-0.1, -0.05) is 25.4 Å². The molecular weight excluding hydrogens is 392 g/mol. The molecule has 2 rings (SSSR count). The zero-order valence-electron chi connectivity index (χ0n) is 17.4. The average molecular weight is 419 g/mol. The molecule has 0 aromatic heterocycles. The molecular formula is C22H27ClN2O4. The molecule has 6 nitrogen and oxygen atoms in total. The molecule has 0 heterocycles. The van der Waals surface area contributed by atoms with Gasteiger partial charge in [0.05, 0.1) is 18.7 Å². The Bertz CT molecular complexity index is 864. The Morgan fingerprint density at radius 3 is 2.31 bits per heavy atom. The Labute approximate surface area is 176 Å². The van der Waals surface area contributed by atoms with Gasteiger partial charge in [0.25, 0.3) is 11.8 Å². The summed E-state index contributed by atoms with van der Waals surface area (Å²) in [7, 11) is 4.87. The second-order valence-corrected chi connectivity index (χ2v) is 7.66. The lowest BCUT2D eigenvalue weighted by molar-refractivity contribution is 0.0827. The summed E-state index contributed by atoms with van der Waals surface area (Å²) in [6, 6.07) is 9.83. The number of rotatable bonds is 8. The SMILES string of the molecule is COc1cc(C(=O)Nc2ccc(C(=O)N(C)C)cc2)cc(Cl)c1OCCC(C)C. The number of anilines is 1. The van der Waals surface area contributed by atoms with Gasteiger partial charge in [-0.05, 0) is 48.7 Å². The number of methoxy groups -OCH3 is 1. The molecule has 2 aromatic carbocycles. The van der Waals surface area contributed by atoms with Gasteiger partial charge in [-0.3, -0.25) is 9.59 Å². The molecule has 0 unspecified atom stereocenters. The molecule has 0 aliphatic carbocycles. The maximum Gasteiger partial charge on any atom is 0.255 e. The van der Waals surface area contributed by atoms with Crippen LogP contribution in [0, 0.1) is 5.92 Å². The molecule has 0 saturated heterocycles. The fourth-order valence-electron chi connectivity index (χ4n) is 2.55. The van der Waals surface area contributed by atoms with Crippen LogP contribution in [0.1, 0.15) is 41.0 Å². The molecule has 2 amide bonds. The quantitative estimate of drug-likeness (QED) is 0.673. The van der Waals surface area contributed by atoms with Crippen LogP contribution < -0.4 is 14.8 Å². The molecule has 0 radical (unpaired) electrons. The van der Waals surface area contributed by atoms with Crippen molar-refractivity contribution in [2.45, 2.75) is 20.3 Å². The van der Waals surface area contributed by atoms with Gasteiger partial charge in [-0.25, -0.2) is 0 Å². The van der Waals surface area contributed by atoms with E-state index in [-0.39, 0.29) is 11.8 Å². The molecule has 7 heteroatoms. The van der Waals surface area contributed by atoms with E-state index in [1.54, 1.807) is 50.5 Å². The third-order valence-electron chi connectivity index (χ3n) is 4.23. The molecule has 0 bridgehead atoms. The summed E-state index contributed by atoms with van der Waals surface area (Å²) in [5.74, 6) is 0.888. The van der Waals surface area contributed by atoms with E-state index >= 15 is 0 Å². The predicted octanol–water partition coefficient (Wildman–Crippen LogP) is 4.73. The molecule has 0 fully saturated rings. The van der Waals surface area contributed by atoms with Crippen LogP contribution in [0.5, 0.6) is 11.5 Å². The summed E-state index contributed by atoms with van der Waals surface area (Å²) in [4.78, 5) is 26.1. The summed E-state index contributed by atoms with van der Waals surface area (Å²) in [6.45, 7) is 4.73. The number of carbonyl (C=O) groups excluding carboxylic acids is 2. The number of hydrogen-bond acceptors (Lipinski definition) is 4. The zero-order valence-corrected chi connectivity index (χ0v) is 18.2. The van der Waals surface area contributed by atoms with Gasteiger partial charge in [0.1, 0.15) is 0 Å². The van der Waals surface area contributed by atoms with Gasteiger partial charge in [0.2, 0.25) is 0 Å². The highest BCUT2D eigenvalue weighted by Gasteiger charge is 2.17. The van der Waals surface area contributed by atoms with Gasteiger partial charge in [-0.2, -0.15) is 0 Å². The minimum atomic E-state index is -0.342. The number of nitrogens with one attached hydrogen (secondary N) is 1. The van der Waals surface area contributed by atoms with Crippen LogP contribution in [0.3, 0.4) is 0 Å². The van der Waals surface area contributed by atoms with E-state index < -0.39 is 0 Å². The van der Waals surface area contributed by atoms with Crippen LogP contribution in [0.4, 0.5) is 5.69 Å². The van der Waals surface area contributed by atoms with Crippen molar-refractivity contribution < 1.29 is 19.1 Å². The van der Waals surface area contributed by atoms with Crippen molar-refractivity contribution in [1.29, 1.82) is 0 Å². The maximum atomic E-state index is 12.6. The van der Waals surface area contributed by atoms with E-state index in [9.17, 15) is 9.59 Å². The number of ether oxygens (including phenoxy) is 2. The van der Waals surface area contributed by atoms with Crippen molar-refractivity contribution in [2.75, 3.05) is 33.1 Å². The van der Waals surface area contributed by atoms with E-state index in [0.29, 0.717) is 45.9 Å². The van der Waals surface area contributed by atoms with Crippen molar-refractivity contribution in [3.8, 4) is 11.5 Å². The van der Waals surface area contributed by atoms with Gasteiger partial charge in [0, 0.05) is 30.9 Å². The Balaban J connectivity index is 2.14. The van der Waals surface area contributed by atoms with Crippen molar-refractivity contribution in [3.05, 3.63) is 52.5 Å². The number of nitrogens with zero attached hydrogens (tertiary/aromatic N) is 1. The molecule has 29 heavy (non-hydrogen) atoms.